The third-order valence-electron chi connectivity index (χ3n) is 3.72. The molecule has 3 rings (SSSR count). The Bertz CT molecular complexity index is 858. The van der Waals surface area contributed by atoms with Crippen LogP contribution in [0.25, 0.3) is 11.3 Å². The summed E-state index contributed by atoms with van der Waals surface area (Å²) in [5.74, 6) is 1.76. The first-order valence-electron chi connectivity index (χ1n) is 8.26. The molecule has 0 unspecified atom stereocenters. The summed E-state index contributed by atoms with van der Waals surface area (Å²) >= 11 is 0. The van der Waals surface area contributed by atoms with Gasteiger partial charge in [-0.1, -0.05) is 12.1 Å². The van der Waals surface area contributed by atoms with Crippen molar-refractivity contribution in [3.8, 4) is 17.0 Å². The number of benzene rings is 1. The molecule has 3 N–H and O–H groups in total. The van der Waals surface area contributed by atoms with Gasteiger partial charge >= 0.3 is 0 Å². The number of para-hydroxylation sites is 2. The van der Waals surface area contributed by atoms with Crippen LogP contribution in [-0.4, -0.2) is 39.8 Å². The number of hydrogen-bond donors (Lipinski definition) is 3. The lowest BCUT2D eigenvalue weighted by molar-refractivity contribution is 0.281. The van der Waals surface area contributed by atoms with E-state index in [0.717, 1.165) is 22.7 Å². The largest absolute Gasteiger partial charge is 0.495 e. The number of nitrogens with zero attached hydrogens (tertiary/aromatic N) is 3. The molecule has 0 bridgehead atoms. The molecule has 134 valence electrons. The van der Waals surface area contributed by atoms with E-state index in [1.54, 1.807) is 19.5 Å². The lowest BCUT2D eigenvalue weighted by Crippen LogP contribution is -2.21. The summed E-state index contributed by atoms with van der Waals surface area (Å²) in [6, 6.07) is 13.1. The van der Waals surface area contributed by atoms with Crippen molar-refractivity contribution in [2.45, 2.75) is 13.0 Å². The van der Waals surface area contributed by atoms with Gasteiger partial charge in [-0.15, -0.1) is 0 Å². The topological polar surface area (TPSA) is 92.2 Å². The number of aromatic nitrogens is 3. The van der Waals surface area contributed by atoms with E-state index in [4.69, 9.17) is 4.74 Å². The quantitative estimate of drug-likeness (QED) is 0.602. The van der Waals surface area contributed by atoms with Crippen LogP contribution in [0, 0.1) is 0 Å². The molecular weight excluding hydrogens is 330 g/mol. The zero-order valence-corrected chi connectivity index (χ0v) is 14.7. The van der Waals surface area contributed by atoms with Gasteiger partial charge in [0.1, 0.15) is 11.6 Å². The standard InChI is InChI=1S/C19H21N5O2/c1-13(12-25)21-19-23-16(14-7-9-20-10-8-14)11-18(24-19)22-15-5-3-4-6-17(15)26-2/h3-11,13,25H,12H2,1-2H3,(H2,21,22,23,24)/t13-/m1/s1. The molecule has 3 aromatic rings. The molecule has 0 aliphatic heterocycles. The first kappa shape index (κ1) is 17.6. The molecular formula is C19H21N5O2. The summed E-state index contributed by atoms with van der Waals surface area (Å²) in [6.07, 6.45) is 3.43. The SMILES string of the molecule is COc1ccccc1Nc1cc(-c2ccncc2)nc(N[C@H](C)CO)n1. The third-order valence-corrected chi connectivity index (χ3v) is 3.72. The van der Waals surface area contributed by atoms with Crippen LogP contribution in [-0.2, 0) is 0 Å². The molecule has 0 radical (unpaired) electrons. The Balaban J connectivity index is 1.99. The number of anilines is 3. The summed E-state index contributed by atoms with van der Waals surface area (Å²) in [7, 11) is 1.62. The van der Waals surface area contributed by atoms with Crippen LogP contribution in [0.2, 0.25) is 0 Å². The maximum Gasteiger partial charge on any atom is 0.225 e. The van der Waals surface area contributed by atoms with Crippen LogP contribution >= 0.6 is 0 Å². The Labute approximate surface area is 152 Å². The van der Waals surface area contributed by atoms with E-state index in [-0.39, 0.29) is 12.6 Å². The molecule has 1 aromatic carbocycles. The summed E-state index contributed by atoms with van der Waals surface area (Å²) < 4.78 is 5.38. The maximum atomic E-state index is 9.30. The van der Waals surface area contributed by atoms with Gasteiger partial charge in [-0.2, -0.15) is 4.98 Å². The van der Waals surface area contributed by atoms with E-state index >= 15 is 0 Å². The molecule has 0 spiro atoms. The lowest BCUT2D eigenvalue weighted by Gasteiger charge is -2.15. The van der Waals surface area contributed by atoms with Crippen molar-refractivity contribution in [1.29, 1.82) is 0 Å². The summed E-state index contributed by atoms with van der Waals surface area (Å²) in [4.78, 5) is 13.1. The van der Waals surface area contributed by atoms with Gasteiger partial charge in [-0.3, -0.25) is 4.98 Å². The van der Waals surface area contributed by atoms with Gasteiger partial charge in [-0.25, -0.2) is 4.98 Å². The smallest absolute Gasteiger partial charge is 0.225 e. The van der Waals surface area contributed by atoms with Gasteiger partial charge in [0.2, 0.25) is 5.95 Å². The fourth-order valence-electron chi connectivity index (χ4n) is 2.40. The lowest BCUT2D eigenvalue weighted by atomic mass is 10.2. The van der Waals surface area contributed by atoms with E-state index < -0.39 is 0 Å². The minimum Gasteiger partial charge on any atom is -0.495 e. The van der Waals surface area contributed by atoms with E-state index in [1.165, 1.54) is 0 Å². The van der Waals surface area contributed by atoms with Crippen molar-refractivity contribution < 1.29 is 9.84 Å². The fraction of sp³-hybridized carbons (Fsp3) is 0.211. The highest BCUT2D eigenvalue weighted by Gasteiger charge is 2.11. The van der Waals surface area contributed by atoms with Crippen LogP contribution in [0.5, 0.6) is 5.75 Å². The Hall–Kier alpha value is -3.19. The van der Waals surface area contributed by atoms with Crippen molar-refractivity contribution in [3.05, 3.63) is 54.9 Å². The summed E-state index contributed by atoms with van der Waals surface area (Å²) in [5, 5.41) is 15.7. The van der Waals surface area contributed by atoms with Crippen LogP contribution < -0.4 is 15.4 Å². The Morgan fingerprint density at radius 1 is 1.12 bits per heavy atom. The molecule has 7 heteroatoms. The number of methoxy groups -OCH3 is 1. The van der Waals surface area contributed by atoms with Gasteiger partial charge in [0.15, 0.2) is 0 Å². The second-order valence-corrected chi connectivity index (χ2v) is 5.75. The highest BCUT2D eigenvalue weighted by molar-refractivity contribution is 5.69. The second kappa shape index (κ2) is 8.26. The summed E-state index contributed by atoms with van der Waals surface area (Å²) in [5.41, 5.74) is 2.47. The van der Waals surface area contributed by atoms with Crippen LogP contribution in [0.1, 0.15) is 6.92 Å². The molecule has 0 saturated carbocycles. The number of aliphatic hydroxyl groups is 1. The fourth-order valence-corrected chi connectivity index (χ4v) is 2.40. The Morgan fingerprint density at radius 2 is 1.88 bits per heavy atom. The number of rotatable bonds is 7. The minimum absolute atomic E-state index is 0.0158. The van der Waals surface area contributed by atoms with Gasteiger partial charge in [-0.05, 0) is 31.2 Å². The number of nitrogens with one attached hydrogen (secondary N) is 2. The number of pyridine rings is 1. The Morgan fingerprint density at radius 3 is 2.62 bits per heavy atom. The molecule has 0 amide bonds. The molecule has 0 fully saturated rings. The van der Waals surface area contributed by atoms with Crippen LogP contribution in [0.15, 0.2) is 54.9 Å². The van der Waals surface area contributed by atoms with Gasteiger partial charge in [0.25, 0.3) is 0 Å². The molecule has 2 heterocycles. The number of hydrogen-bond acceptors (Lipinski definition) is 7. The minimum atomic E-state index is -0.165. The molecule has 0 aliphatic carbocycles. The highest BCUT2D eigenvalue weighted by atomic mass is 16.5. The molecule has 0 saturated heterocycles. The van der Waals surface area contributed by atoms with Gasteiger partial charge in [0, 0.05) is 30.1 Å². The molecule has 26 heavy (non-hydrogen) atoms. The average molecular weight is 351 g/mol. The van der Waals surface area contributed by atoms with Gasteiger partial charge < -0.3 is 20.5 Å². The van der Waals surface area contributed by atoms with Crippen molar-refractivity contribution in [2.24, 2.45) is 0 Å². The van der Waals surface area contributed by atoms with Gasteiger partial charge in [0.05, 0.1) is 25.1 Å². The molecule has 2 aromatic heterocycles. The number of aliphatic hydroxyl groups excluding tert-OH is 1. The van der Waals surface area contributed by atoms with Crippen molar-refractivity contribution in [1.82, 2.24) is 15.0 Å². The maximum absolute atomic E-state index is 9.30. The zero-order valence-electron chi connectivity index (χ0n) is 14.7. The monoisotopic (exact) mass is 351 g/mol. The first-order chi connectivity index (χ1) is 12.7. The summed E-state index contributed by atoms with van der Waals surface area (Å²) in [6.45, 7) is 1.84. The van der Waals surface area contributed by atoms with Crippen molar-refractivity contribution in [2.75, 3.05) is 24.4 Å². The van der Waals surface area contributed by atoms with Crippen molar-refractivity contribution in [3.63, 3.8) is 0 Å². The predicted octanol–water partition coefficient (Wildman–Crippen LogP) is 3.08. The normalized spacial score (nSPS) is 11.7. The zero-order chi connectivity index (χ0) is 18.4. The number of ether oxygens (including phenoxy) is 1. The molecule has 1 atom stereocenters. The first-order valence-corrected chi connectivity index (χ1v) is 8.26. The molecule has 0 aliphatic rings. The Kier molecular flexibility index (Phi) is 5.60. The van der Waals surface area contributed by atoms with E-state index in [0.29, 0.717) is 11.8 Å². The average Bonchev–Trinajstić information content (AvgIpc) is 2.69. The second-order valence-electron chi connectivity index (χ2n) is 5.75. The molecule has 7 nitrogen and oxygen atoms in total. The van der Waals surface area contributed by atoms with Crippen LogP contribution in [0.3, 0.4) is 0 Å². The van der Waals surface area contributed by atoms with Crippen LogP contribution in [0.4, 0.5) is 17.5 Å². The third kappa shape index (κ3) is 4.25. The highest BCUT2D eigenvalue weighted by Crippen LogP contribution is 2.28. The predicted molar refractivity (Wildman–Crippen MR) is 102 cm³/mol. The van der Waals surface area contributed by atoms with E-state index in [1.807, 2.05) is 49.4 Å². The van der Waals surface area contributed by atoms with Crippen molar-refractivity contribution >= 4 is 17.5 Å². The van der Waals surface area contributed by atoms with E-state index in [2.05, 4.69) is 25.6 Å². The van der Waals surface area contributed by atoms with E-state index in [9.17, 15) is 5.11 Å².